The van der Waals surface area contributed by atoms with Crippen molar-refractivity contribution >= 4 is 75.3 Å². The number of furan rings is 1. The van der Waals surface area contributed by atoms with Gasteiger partial charge in [-0.25, -0.2) is 4.98 Å². The first-order chi connectivity index (χ1) is 32.5. The standard InChI is InChI=1S/C60H39N4OS/c1-60(2)47-21-10-6-17-40(47)41-29-27-38(32-48(41)60)49-35-63(62-59(61-49)36-15-4-3-5-16-36)52-24-14-25-54-58(52)46-31-37(28-30-53(46)65-54)45-33-39(34-56-57(45)44-20-9-13-26-55(44)66-56)64-50-22-11-7-18-42(50)43-19-8-12-23-51(43)64/h3-35H,1-2H3/q+1. The predicted octanol–water partition coefficient (Wildman–Crippen LogP) is 15.4. The van der Waals surface area contributed by atoms with E-state index in [2.05, 4.69) is 201 Å². The second-order valence-electron chi connectivity index (χ2n) is 18.0. The summed E-state index contributed by atoms with van der Waals surface area (Å²) in [6, 6.07) is 69.8. The van der Waals surface area contributed by atoms with Gasteiger partial charge < -0.3 is 8.98 Å². The molecule has 0 bridgehead atoms. The van der Waals surface area contributed by atoms with Gasteiger partial charge in [-0.05, 0) is 92.7 Å². The molecular weight excluding hydrogens is 825 g/mol. The molecule has 0 unspecified atom stereocenters. The molecule has 1 aliphatic carbocycles. The van der Waals surface area contributed by atoms with Gasteiger partial charge in [-0.3, -0.25) is 0 Å². The van der Waals surface area contributed by atoms with Crippen LogP contribution in [0.15, 0.2) is 205 Å². The minimum Gasteiger partial charge on any atom is -0.456 e. The van der Waals surface area contributed by atoms with E-state index in [9.17, 15) is 0 Å². The highest BCUT2D eigenvalue weighted by Crippen LogP contribution is 2.50. The molecule has 0 saturated heterocycles. The molecule has 0 atom stereocenters. The number of aromatic nitrogens is 4. The number of nitrogens with zero attached hydrogens (tertiary/aromatic N) is 4. The molecular formula is C60H39N4OS+. The van der Waals surface area contributed by atoms with Crippen LogP contribution in [0.25, 0.3) is 120 Å². The van der Waals surface area contributed by atoms with Gasteiger partial charge in [-0.15, -0.1) is 11.3 Å². The highest BCUT2D eigenvalue weighted by molar-refractivity contribution is 7.26. The number of rotatable bonds is 5. The van der Waals surface area contributed by atoms with Crippen molar-refractivity contribution in [1.82, 2.24) is 14.6 Å². The van der Waals surface area contributed by atoms with Crippen molar-refractivity contribution < 1.29 is 9.10 Å². The third-order valence-electron chi connectivity index (χ3n) is 13.9. The fourth-order valence-electron chi connectivity index (χ4n) is 10.8. The third kappa shape index (κ3) is 5.42. The summed E-state index contributed by atoms with van der Waals surface area (Å²) in [6.07, 6.45) is 2.08. The Bertz CT molecular complexity index is 4100. The van der Waals surface area contributed by atoms with Gasteiger partial charge >= 0.3 is 0 Å². The highest BCUT2D eigenvalue weighted by Gasteiger charge is 2.36. The SMILES string of the molecule is CC1(C)c2ccccc2-c2ccc(-c3c[n+](-c4cccc5oc6ccc(-c7cc(-n8c9ccccc9c9ccccc98)cc8sc9ccccc9c78)cc6c45)nc(-c4ccccc4)n3)cc21. The van der Waals surface area contributed by atoms with Crippen LogP contribution in [0.2, 0.25) is 0 Å². The van der Waals surface area contributed by atoms with Gasteiger partial charge in [0.1, 0.15) is 22.2 Å². The largest absolute Gasteiger partial charge is 0.456 e. The summed E-state index contributed by atoms with van der Waals surface area (Å²) in [5.74, 6) is 0.648. The molecule has 0 N–H and O–H groups in total. The molecule has 1 aliphatic rings. The Kier molecular flexibility index (Phi) is 7.84. The van der Waals surface area contributed by atoms with Crippen LogP contribution in [0.5, 0.6) is 0 Å². The van der Waals surface area contributed by atoms with Crippen LogP contribution < -0.4 is 4.68 Å². The molecule has 0 aliphatic heterocycles. The summed E-state index contributed by atoms with van der Waals surface area (Å²) in [4.78, 5) is 5.27. The van der Waals surface area contributed by atoms with E-state index in [4.69, 9.17) is 14.5 Å². The van der Waals surface area contributed by atoms with Crippen LogP contribution in [-0.2, 0) is 5.41 Å². The summed E-state index contributed by atoms with van der Waals surface area (Å²) >= 11 is 1.85. The average Bonchev–Trinajstić information content (AvgIpc) is 4.10. The molecule has 0 fully saturated rings. The zero-order valence-corrected chi connectivity index (χ0v) is 37.0. The van der Waals surface area contributed by atoms with Crippen LogP contribution in [0.4, 0.5) is 0 Å². The van der Waals surface area contributed by atoms with Crippen LogP contribution in [0.1, 0.15) is 25.0 Å². The third-order valence-corrected chi connectivity index (χ3v) is 15.0. The van der Waals surface area contributed by atoms with Crippen molar-refractivity contribution in [3.8, 4) is 56.3 Å². The maximum atomic E-state index is 6.70. The van der Waals surface area contributed by atoms with E-state index in [0.29, 0.717) is 5.82 Å². The fourth-order valence-corrected chi connectivity index (χ4v) is 12.0. The number of fused-ring (bicyclic) bond motifs is 12. The second kappa shape index (κ2) is 13.9. The molecule has 9 aromatic carbocycles. The first-order valence-corrected chi connectivity index (χ1v) is 23.3. The Morgan fingerprint density at radius 2 is 1.21 bits per heavy atom. The monoisotopic (exact) mass is 863 g/mol. The van der Waals surface area contributed by atoms with E-state index in [-0.39, 0.29) is 5.41 Å². The molecule has 4 heterocycles. The predicted molar refractivity (Wildman–Crippen MR) is 272 cm³/mol. The molecule has 0 saturated carbocycles. The molecule has 6 heteroatoms. The van der Waals surface area contributed by atoms with Crippen LogP contribution in [0.3, 0.4) is 0 Å². The quantitative estimate of drug-likeness (QED) is 0.162. The smallest absolute Gasteiger partial charge is 0.249 e. The first kappa shape index (κ1) is 37.2. The lowest BCUT2D eigenvalue weighted by atomic mass is 9.82. The average molecular weight is 864 g/mol. The molecule has 5 nitrogen and oxygen atoms in total. The molecule has 14 rings (SSSR count). The van der Waals surface area contributed by atoms with E-state index in [0.717, 1.165) is 55.7 Å². The Morgan fingerprint density at radius 1 is 0.500 bits per heavy atom. The molecule has 0 amide bonds. The number of benzene rings is 9. The lowest BCUT2D eigenvalue weighted by Crippen LogP contribution is -2.36. The molecule has 0 radical (unpaired) electrons. The Labute approximate surface area is 384 Å². The Balaban J connectivity index is 0.988. The van der Waals surface area contributed by atoms with E-state index < -0.39 is 0 Å². The van der Waals surface area contributed by atoms with Crippen molar-refractivity contribution in [1.29, 1.82) is 0 Å². The Hall–Kier alpha value is -8.19. The van der Waals surface area contributed by atoms with Gasteiger partial charge in [0.2, 0.25) is 17.7 Å². The summed E-state index contributed by atoms with van der Waals surface area (Å²) in [6.45, 7) is 4.64. The van der Waals surface area contributed by atoms with Gasteiger partial charge in [0.25, 0.3) is 0 Å². The molecule has 4 aromatic heterocycles. The maximum Gasteiger partial charge on any atom is 0.249 e. The van der Waals surface area contributed by atoms with E-state index in [1.165, 1.54) is 69.8 Å². The lowest BCUT2D eigenvalue weighted by Gasteiger charge is -2.21. The van der Waals surface area contributed by atoms with Gasteiger partial charge in [0, 0.05) is 69.7 Å². The summed E-state index contributed by atoms with van der Waals surface area (Å²) < 4.78 is 13.7. The Morgan fingerprint density at radius 3 is 2.05 bits per heavy atom. The topological polar surface area (TPSA) is 47.7 Å². The van der Waals surface area contributed by atoms with Gasteiger partial charge in [0.05, 0.1) is 11.0 Å². The van der Waals surface area contributed by atoms with E-state index >= 15 is 0 Å². The maximum absolute atomic E-state index is 6.70. The normalized spacial score (nSPS) is 13.1. The second-order valence-corrected chi connectivity index (χ2v) is 19.1. The number of hydrogen-bond acceptors (Lipinski definition) is 4. The molecule has 310 valence electrons. The first-order valence-electron chi connectivity index (χ1n) is 22.5. The van der Waals surface area contributed by atoms with Gasteiger partial charge in [-0.1, -0.05) is 147 Å². The highest BCUT2D eigenvalue weighted by atomic mass is 32.1. The number of thiophene rings is 1. The van der Waals surface area contributed by atoms with Crippen LogP contribution in [0, 0.1) is 0 Å². The van der Waals surface area contributed by atoms with Crippen LogP contribution >= 0.6 is 11.3 Å². The van der Waals surface area contributed by atoms with Gasteiger partial charge in [-0.2, -0.15) is 0 Å². The molecule has 0 spiro atoms. The molecule has 66 heavy (non-hydrogen) atoms. The van der Waals surface area contributed by atoms with E-state index in [1.807, 2.05) is 34.2 Å². The van der Waals surface area contributed by atoms with E-state index in [1.54, 1.807) is 0 Å². The summed E-state index contributed by atoms with van der Waals surface area (Å²) in [7, 11) is 0. The molecule has 13 aromatic rings. The number of hydrogen-bond donors (Lipinski definition) is 0. The lowest BCUT2D eigenvalue weighted by molar-refractivity contribution is -0.657. The minimum atomic E-state index is -0.143. The minimum absolute atomic E-state index is 0.143. The summed E-state index contributed by atoms with van der Waals surface area (Å²) in [5.41, 5.74) is 16.3. The van der Waals surface area contributed by atoms with Crippen molar-refractivity contribution in [3.63, 3.8) is 0 Å². The zero-order chi connectivity index (χ0) is 43.7. The van der Waals surface area contributed by atoms with Gasteiger partial charge in [0.15, 0.2) is 0 Å². The van der Waals surface area contributed by atoms with Crippen molar-refractivity contribution in [2.75, 3.05) is 0 Å². The fraction of sp³-hybridized carbons (Fsp3) is 0.0500. The van der Waals surface area contributed by atoms with Crippen LogP contribution in [-0.4, -0.2) is 14.6 Å². The summed E-state index contributed by atoms with van der Waals surface area (Å²) in [5, 5.41) is 12.3. The van der Waals surface area contributed by atoms with Crippen molar-refractivity contribution in [2.24, 2.45) is 0 Å². The number of para-hydroxylation sites is 2. The zero-order valence-electron chi connectivity index (χ0n) is 36.2. The van der Waals surface area contributed by atoms with Crippen molar-refractivity contribution in [3.05, 3.63) is 211 Å². The van der Waals surface area contributed by atoms with Crippen molar-refractivity contribution in [2.45, 2.75) is 19.3 Å².